The molecule has 1 aliphatic rings. The van der Waals surface area contributed by atoms with Crippen LogP contribution in [0.15, 0.2) is 58.6 Å². The third-order valence-corrected chi connectivity index (χ3v) is 5.51. The molecule has 10 nitrogen and oxygen atoms in total. The van der Waals surface area contributed by atoms with Crippen LogP contribution in [0.25, 0.3) is 5.65 Å². The van der Waals surface area contributed by atoms with Gasteiger partial charge in [-0.3, -0.25) is 24.1 Å². The molecule has 32 heavy (non-hydrogen) atoms. The molecule has 0 unspecified atom stereocenters. The minimum absolute atomic E-state index is 0.0925. The van der Waals surface area contributed by atoms with Crippen molar-refractivity contribution in [3.8, 4) is 0 Å². The van der Waals surface area contributed by atoms with Crippen LogP contribution in [0.5, 0.6) is 0 Å². The topological polar surface area (TPSA) is 122 Å². The summed E-state index contributed by atoms with van der Waals surface area (Å²) in [5.74, 6) is 0.521. The predicted octanol–water partition coefficient (Wildman–Crippen LogP) is 2.60. The largest absolute Gasteiger partial charge is 0.356 e. The second kappa shape index (κ2) is 8.96. The average molecular weight is 434 g/mol. The highest BCUT2D eigenvalue weighted by Crippen LogP contribution is 2.23. The molecule has 3 heterocycles. The fraction of sp³-hybridized carbons (Fsp3) is 0.273. The van der Waals surface area contributed by atoms with Crippen LogP contribution in [0.2, 0.25) is 0 Å². The SMILES string of the molecule is CC1CCN(c2nc3ccccn3c(=O)c2/C=N/NC(=O)c2cccc([N+](=O)[O-])c2)CC1. The highest BCUT2D eigenvalue weighted by atomic mass is 16.6. The van der Waals surface area contributed by atoms with Gasteiger partial charge >= 0.3 is 0 Å². The third kappa shape index (κ3) is 4.34. The Labute approximate surface area is 183 Å². The number of benzene rings is 1. The lowest BCUT2D eigenvalue weighted by Crippen LogP contribution is -2.36. The van der Waals surface area contributed by atoms with Gasteiger partial charge in [-0.05, 0) is 37.0 Å². The Balaban J connectivity index is 1.64. The molecule has 0 bridgehead atoms. The van der Waals surface area contributed by atoms with Gasteiger partial charge in [-0.15, -0.1) is 0 Å². The van der Waals surface area contributed by atoms with E-state index in [9.17, 15) is 19.7 Å². The van der Waals surface area contributed by atoms with Crippen LogP contribution >= 0.6 is 0 Å². The van der Waals surface area contributed by atoms with E-state index in [-0.39, 0.29) is 22.4 Å². The summed E-state index contributed by atoms with van der Waals surface area (Å²) < 4.78 is 1.43. The van der Waals surface area contributed by atoms with Crippen LogP contribution in [0.1, 0.15) is 35.7 Å². The molecular weight excluding hydrogens is 412 g/mol. The van der Waals surface area contributed by atoms with E-state index in [1.165, 1.54) is 28.8 Å². The van der Waals surface area contributed by atoms with Crippen LogP contribution in [0, 0.1) is 16.0 Å². The van der Waals surface area contributed by atoms with Gasteiger partial charge in [-0.1, -0.05) is 19.1 Å². The van der Waals surface area contributed by atoms with Gasteiger partial charge < -0.3 is 4.90 Å². The van der Waals surface area contributed by atoms with Crippen molar-refractivity contribution in [1.29, 1.82) is 0 Å². The molecule has 1 N–H and O–H groups in total. The summed E-state index contributed by atoms with van der Waals surface area (Å²) >= 11 is 0. The molecule has 1 aliphatic heterocycles. The Bertz CT molecular complexity index is 1260. The Morgan fingerprint density at radius 1 is 1.25 bits per heavy atom. The normalized spacial score (nSPS) is 14.7. The summed E-state index contributed by atoms with van der Waals surface area (Å²) in [4.78, 5) is 42.6. The van der Waals surface area contributed by atoms with Crippen molar-refractivity contribution in [2.24, 2.45) is 11.0 Å². The maximum Gasteiger partial charge on any atom is 0.271 e. The maximum absolute atomic E-state index is 13.1. The molecule has 10 heteroatoms. The molecule has 1 aromatic carbocycles. The van der Waals surface area contributed by atoms with Crippen molar-refractivity contribution in [1.82, 2.24) is 14.8 Å². The number of non-ortho nitro benzene ring substituents is 1. The lowest BCUT2D eigenvalue weighted by molar-refractivity contribution is -0.384. The fourth-order valence-electron chi connectivity index (χ4n) is 3.65. The number of nitro groups is 1. The molecule has 4 rings (SSSR count). The Hall–Kier alpha value is -4.08. The molecule has 0 radical (unpaired) electrons. The number of hydrogen-bond donors (Lipinski definition) is 1. The van der Waals surface area contributed by atoms with Crippen LogP contribution < -0.4 is 15.9 Å². The van der Waals surface area contributed by atoms with Crippen LogP contribution in [0.4, 0.5) is 11.5 Å². The summed E-state index contributed by atoms with van der Waals surface area (Å²) in [6.07, 6.45) is 4.91. The molecule has 0 atom stereocenters. The number of rotatable bonds is 5. The number of pyridine rings is 1. The lowest BCUT2D eigenvalue weighted by atomic mass is 9.99. The number of hydrazone groups is 1. The lowest BCUT2D eigenvalue weighted by Gasteiger charge is -2.32. The number of anilines is 1. The zero-order valence-corrected chi connectivity index (χ0v) is 17.5. The smallest absolute Gasteiger partial charge is 0.271 e. The number of nitrogens with one attached hydrogen (secondary N) is 1. The van der Waals surface area contributed by atoms with Crippen LogP contribution in [-0.4, -0.2) is 39.5 Å². The quantitative estimate of drug-likeness (QED) is 0.374. The highest BCUT2D eigenvalue weighted by molar-refractivity contribution is 5.96. The maximum atomic E-state index is 13.1. The first-order chi connectivity index (χ1) is 15.4. The molecule has 0 spiro atoms. The standard InChI is InChI=1S/C22H22N6O4/c1-15-8-11-26(12-9-15)20-18(22(30)27-10-3-2-7-19(27)24-20)14-23-25-21(29)16-5-4-6-17(13-16)28(31)32/h2-7,10,13-15H,8-9,11-12H2,1H3,(H,25,29)/b23-14+. The van der Waals surface area contributed by atoms with Gasteiger partial charge in [0, 0.05) is 37.0 Å². The minimum atomic E-state index is -0.618. The fourth-order valence-corrected chi connectivity index (χ4v) is 3.65. The third-order valence-electron chi connectivity index (χ3n) is 5.51. The minimum Gasteiger partial charge on any atom is -0.356 e. The summed E-state index contributed by atoms with van der Waals surface area (Å²) in [5.41, 5.74) is 2.74. The second-order valence-electron chi connectivity index (χ2n) is 7.76. The average Bonchev–Trinajstić information content (AvgIpc) is 2.81. The first kappa shape index (κ1) is 21.2. The van der Waals surface area contributed by atoms with Crippen molar-refractivity contribution in [3.05, 3.63) is 80.3 Å². The van der Waals surface area contributed by atoms with Crippen molar-refractivity contribution in [2.75, 3.05) is 18.0 Å². The van der Waals surface area contributed by atoms with Crippen molar-refractivity contribution >= 4 is 29.3 Å². The first-order valence-electron chi connectivity index (χ1n) is 10.3. The first-order valence-corrected chi connectivity index (χ1v) is 10.3. The van der Waals surface area contributed by atoms with Gasteiger partial charge in [-0.2, -0.15) is 5.10 Å². The summed E-state index contributed by atoms with van der Waals surface area (Å²) in [7, 11) is 0. The second-order valence-corrected chi connectivity index (χ2v) is 7.76. The van der Waals surface area contributed by atoms with E-state index in [4.69, 9.17) is 0 Å². The van der Waals surface area contributed by atoms with Gasteiger partial charge in [0.25, 0.3) is 17.2 Å². The van der Waals surface area contributed by atoms with E-state index in [1.807, 2.05) is 6.07 Å². The number of carbonyl (C=O) groups is 1. The van der Waals surface area contributed by atoms with E-state index in [1.54, 1.807) is 18.3 Å². The zero-order chi connectivity index (χ0) is 22.7. The summed E-state index contributed by atoms with van der Waals surface area (Å²) in [6.45, 7) is 3.75. The molecule has 0 aliphatic carbocycles. The molecule has 3 aromatic rings. The van der Waals surface area contributed by atoms with E-state index in [0.29, 0.717) is 17.4 Å². The van der Waals surface area contributed by atoms with Gasteiger partial charge in [0.15, 0.2) is 0 Å². The number of fused-ring (bicyclic) bond motifs is 1. The molecule has 164 valence electrons. The van der Waals surface area contributed by atoms with E-state index < -0.39 is 10.8 Å². The van der Waals surface area contributed by atoms with Crippen molar-refractivity contribution in [2.45, 2.75) is 19.8 Å². The molecule has 1 amide bonds. The van der Waals surface area contributed by atoms with Crippen LogP contribution in [-0.2, 0) is 0 Å². The monoisotopic (exact) mass is 434 g/mol. The summed E-state index contributed by atoms with van der Waals surface area (Å²) in [6, 6.07) is 10.7. The van der Waals surface area contributed by atoms with Gasteiger partial charge in [0.1, 0.15) is 17.0 Å². The number of aromatic nitrogens is 2. The molecule has 0 saturated carbocycles. The number of amides is 1. The molecule has 2 aromatic heterocycles. The number of nitro benzene ring substituents is 1. The van der Waals surface area contributed by atoms with Gasteiger partial charge in [0.2, 0.25) is 0 Å². The van der Waals surface area contributed by atoms with Crippen LogP contribution in [0.3, 0.4) is 0 Å². The number of hydrogen-bond acceptors (Lipinski definition) is 7. The Morgan fingerprint density at radius 3 is 2.78 bits per heavy atom. The number of nitrogens with zero attached hydrogens (tertiary/aromatic N) is 5. The Morgan fingerprint density at radius 2 is 2.03 bits per heavy atom. The van der Waals surface area contributed by atoms with Crippen molar-refractivity contribution in [3.63, 3.8) is 0 Å². The van der Waals surface area contributed by atoms with Crippen molar-refractivity contribution < 1.29 is 9.72 Å². The van der Waals surface area contributed by atoms with E-state index >= 15 is 0 Å². The number of piperidine rings is 1. The Kier molecular flexibility index (Phi) is 5.93. The summed E-state index contributed by atoms with van der Waals surface area (Å²) in [5, 5.41) is 14.9. The zero-order valence-electron chi connectivity index (χ0n) is 17.5. The number of carbonyl (C=O) groups excluding carboxylic acids is 1. The van der Waals surface area contributed by atoms with E-state index in [0.717, 1.165) is 32.0 Å². The van der Waals surface area contributed by atoms with Gasteiger partial charge in [-0.25, -0.2) is 10.4 Å². The molecule has 1 saturated heterocycles. The predicted molar refractivity (Wildman–Crippen MR) is 120 cm³/mol. The van der Waals surface area contributed by atoms with Gasteiger partial charge in [0.05, 0.1) is 11.1 Å². The van der Waals surface area contributed by atoms with E-state index in [2.05, 4.69) is 27.3 Å². The molecular formula is C22H22N6O4. The highest BCUT2D eigenvalue weighted by Gasteiger charge is 2.22. The molecule has 1 fully saturated rings.